The topological polar surface area (TPSA) is 319 Å². The van der Waals surface area contributed by atoms with E-state index in [2.05, 4.69) is 36.6 Å². The molecule has 2 saturated heterocycles. The third kappa shape index (κ3) is 16.1. The molecule has 3 aromatic rings. The fourth-order valence-electron chi connectivity index (χ4n) is 8.72. The van der Waals surface area contributed by atoms with E-state index in [1.807, 2.05) is 48.7 Å². The molecule has 1 aromatic heterocycles. The van der Waals surface area contributed by atoms with E-state index in [1.54, 1.807) is 39.1 Å². The first-order valence-corrected chi connectivity index (χ1v) is 25.4. The molecule has 21 nitrogen and oxygen atoms in total. The van der Waals surface area contributed by atoms with Crippen molar-refractivity contribution in [1.29, 1.82) is 0 Å². The lowest BCUT2D eigenvalue weighted by Gasteiger charge is -2.33. The molecule has 7 atom stereocenters. The van der Waals surface area contributed by atoms with E-state index in [0.29, 0.717) is 49.8 Å². The molecule has 5 rings (SSSR count). The Bertz CT molecular complexity index is 2390. The minimum Gasteiger partial charge on any atom is -0.444 e. The van der Waals surface area contributed by atoms with E-state index < -0.39 is 95.3 Å². The van der Waals surface area contributed by atoms with Crippen LogP contribution >= 0.6 is 11.8 Å². The molecule has 3 heterocycles. The molecule has 12 N–H and O–H groups in total. The quantitative estimate of drug-likeness (QED) is 0.0366. The number of aromatic nitrogens is 1. The number of fused-ring (bicyclic) bond motifs is 1. The standard InChI is InChI=1S/C49H70N12O9S/c1-29(55-42(64)35(18-11-22-53-47(51)52)59-48(69)70-49(2,3)4)41(63)57-36(27-31-28-54-33-17-10-9-16-32(31)33)43(65)58-37(26-30-14-7-6-8-15-30)45(67)61-24-13-20-39(61)46(68)60-23-12-19-38(60)44(66)56-34(40(50)62)21-25-71-5/h6-10,14-17,28-29,34-39,54H,11-13,18-27H2,1-5H3,(H2,50,62)(H,55,64)(H,56,66)(H,57,63)(H,58,65)(H,59,69)(H4,51,52,53)/t29-,34+,35-,36+,37-,38-,39+/m0/s1. The Balaban J connectivity index is 1.37. The largest absolute Gasteiger partial charge is 0.444 e. The van der Waals surface area contributed by atoms with Crippen molar-refractivity contribution in [3.63, 3.8) is 0 Å². The van der Waals surface area contributed by atoms with Crippen molar-refractivity contribution < 1.29 is 43.1 Å². The zero-order valence-electron chi connectivity index (χ0n) is 41.2. The van der Waals surface area contributed by atoms with Gasteiger partial charge in [0.25, 0.3) is 0 Å². The maximum Gasteiger partial charge on any atom is 0.408 e. The number of carbonyl (C=O) groups is 8. The molecule has 0 aliphatic carbocycles. The summed E-state index contributed by atoms with van der Waals surface area (Å²) < 4.78 is 5.38. The van der Waals surface area contributed by atoms with Crippen LogP contribution in [-0.4, -0.2) is 148 Å². The SMILES string of the molecule is CSCC[C@@H](NC(=O)[C@@H]1CCCN1C(=O)[C@H]1CCCN1C(=O)[C@H](Cc1ccccc1)NC(=O)[C@@H](Cc1c[nH]c2ccccc12)NC(=O)[C@H](C)NC(=O)[C@H](CCCN=C(N)N)NC(=O)OC(C)(C)C)C(N)=O. The van der Waals surface area contributed by atoms with Gasteiger partial charge in [-0.1, -0.05) is 48.5 Å². The number of ether oxygens (including phenoxy) is 1. The summed E-state index contributed by atoms with van der Waals surface area (Å²) in [5.41, 5.74) is 17.9. The Labute approximate surface area is 418 Å². The molecule has 2 aliphatic heterocycles. The van der Waals surface area contributed by atoms with Crippen LogP contribution in [0.2, 0.25) is 0 Å². The molecule has 0 spiro atoms. The number of alkyl carbamates (subject to hydrolysis) is 1. The zero-order chi connectivity index (χ0) is 51.8. The predicted molar refractivity (Wildman–Crippen MR) is 270 cm³/mol. The number of amides is 8. The lowest BCUT2D eigenvalue weighted by molar-refractivity contribution is -0.148. The first-order chi connectivity index (χ1) is 33.8. The number of hydrogen-bond acceptors (Lipinski definition) is 11. The van der Waals surface area contributed by atoms with Crippen molar-refractivity contribution >= 4 is 76.1 Å². The van der Waals surface area contributed by atoms with Gasteiger partial charge in [-0.3, -0.25) is 38.6 Å². The Hall–Kier alpha value is -6.84. The first kappa shape index (κ1) is 55.1. The van der Waals surface area contributed by atoms with Gasteiger partial charge in [0.05, 0.1) is 0 Å². The van der Waals surface area contributed by atoms with Crippen LogP contribution in [0.5, 0.6) is 0 Å². The van der Waals surface area contributed by atoms with Gasteiger partial charge in [0.15, 0.2) is 5.96 Å². The molecular formula is C49H70N12O9S. The van der Waals surface area contributed by atoms with E-state index in [0.717, 1.165) is 16.5 Å². The van der Waals surface area contributed by atoms with Crippen LogP contribution in [0, 0.1) is 0 Å². The highest BCUT2D eigenvalue weighted by molar-refractivity contribution is 7.98. The van der Waals surface area contributed by atoms with Crippen LogP contribution in [0.25, 0.3) is 10.9 Å². The number of para-hydroxylation sites is 1. The fourth-order valence-corrected chi connectivity index (χ4v) is 9.19. The number of carbonyl (C=O) groups excluding carboxylic acids is 8. The molecule has 386 valence electrons. The number of H-pyrrole nitrogens is 1. The van der Waals surface area contributed by atoms with Crippen LogP contribution in [0.4, 0.5) is 4.79 Å². The maximum absolute atomic E-state index is 14.9. The third-order valence-electron chi connectivity index (χ3n) is 12.3. The van der Waals surface area contributed by atoms with Crippen LogP contribution in [0.3, 0.4) is 0 Å². The molecule has 0 radical (unpaired) electrons. The number of primary amides is 1. The average molecular weight is 1000 g/mol. The van der Waals surface area contributed by atoms with Crippen LogP contribution in [0.15, 0.2) is 65.8 Å². The van der Waals surface area contributed by atoms with Crippen molar-refractivity contribution in [2.45, 2.75) is 133 Å². The summed E-state index contributed by atoms with van der Waals surface area (Å²) in [6.45, 7) is 7.11. The molecule has 0 bridgehead atoms. The number of guanidine groups is 1. The number of hydrogen-bond donors (Lipinski definition) is 9. The van der Waals surface area contributed by atoms with Gasteiger partial charge in [0.2, 0.25) is 41.4 Å². The number of nitrogens with zero attached hydrogens (tertiary/aromatic N) is 3. The second-order valence-electron chi connectivity index (χ2n) is 18.9. The molecule has 71 heavy (non-hydrogen) atoms. The highest BCUT2D eigenvalue weighted by atomic mass is 32.2. The molecule has 8 amide bonds. The van der Waals surface area contributed by atoms with E-state index in [4.69, 9.17) is 21.9 Å². The van der Waals surface area contributed by atoms with Crippen LogP contribution in [0.1, 0.15) is 83.8 Å². The monoisotopic (exact) mass is 1000 g/mol. The Morgan fingerprint density at radius 1 is 0.761 bits per heavy atom. The van der Waals surface area contributed by atoms with Crippen molar-refractivity contribution in [3.05, 3.63) is 71.9 Å². The van der Waals surface area contributed by atoms with Gasteiger partial charge in [-0.2, -0.15) is 11.8 Å². The molecule has 0 saturated carbocycles. The molecular weight excluding hydrogens is 933 g/mol. The average Bonchev–Trinajstić information content (AvgIpc) is 4.11. The number of aromatic amines is 1. The number of likely N-dealkylation sites (tertiary alicyclic amines) is 2. The summed E-state index contributed by atoms with van der Waals surface area (Å²) in [5, 5.41) is 14.5. The third-order valence-corrected chi connectivity index (χ3v) is 12.9. The summed E-state index contributed by atoms with van der Waals surface area (Å²) in [4.78, 5) is 120. The molecule has 22 heteroatoms. The normalized spacial score (nSPS) is 17.8. The number of rotatable bonds is 23. The van der Waals surface area contributed by atoms with Gasteiger partial charge in [0.1, 0.15) is 47.9 Å². The minimum atomic E-state index is -1.29. The summed E-state index contributed by atoms with van der Waals surface area (Å²) in [7, 11) is 0. The molecule has 0 unspecified atom stereocenters. The van der Waals surface area contributed by atoms with Crippen molar-refractivity contribution in [3.8, 4) is 0 Å². The van der Waals surface area contributed by atoms with Gasteiger partial charge in [-0.25, -0.2) is 4.79 Å². The van der Waals surface area contributed by atoms with Gasteiger partial charge in [0, 0.05) is 49.6 Å². The van der Waals surface area contributed by atoms with Crippen molar-refractivity contribution in [2.75, 3.05) is 31.6 Å². The van der Waals surface area contributed by atoms with E-state index in [1.165, 1.54) is 28.5 Å². The van der Waals surface area contributed by atoms with Gasteiger partial charge >= 0.3 is 6.09 Å². The lowest BCUT2D eigenvalue weighted by atomic mass is 10.0. The lowest BCUT2D eigenvalue weighted by Crippen LogP contribution is -2.60. The summed E-state index contributed by atoms with van der Waals surface area (Å²) >= 11 is 1.51. The maximum atomic E-state index is 14.9. The smallest absolute Gasteiger partial charge is 0.408 e. The molecule has 2 aliphatic rings. The Morgan fingerprint density at radius 3 is 2.08 bits per heavy atom. The number of thioether (sulfide) groups is 1. The minimum absolute atomic E-state index is 0.0285. The van der Waals surface area contributed by atoms with Crippen molar-refractivity contribution in [2.24, 2.45) is 22.2 Å². The summed E-state index contributed by atoms with van der Waals surface area (Å²) in [5.74, 6) is -3.77. The van der Waals surface area contributed by atoms with Gasteiger partial charge in [-0.15, -0.1) is 0 Å². The van der Waals surface area contributed by atoms with E-state index in [9.17, 15) is 38.4 Å². The Kier molecular flexibility index (Phi) is 20.1. The van der Waals surface area contributed by atoms with E-state index >= 15 is 0 Å². The zero-order valence-corrected chi connectivity index (χ0v) is 42.0. The number of nitrogens with one attached hydrogen (secondary N) is 6. The highest BCUT2D eigenvalue weighted by Gasteiger charge is 2.44. The molecule has 2 fully saturated rings. The summed E-state index contributed by atoms with van der Waals surface area (Å²) in [6, 6.07) is 8.92. The summed E-state index contributed by atoms with van der Waals surface area (Å²) in [6.07, 6.45) is 5.22. The predicted octanol–water partition coefficient (Wildman–Crippen LogP) is 1.08. The van der Waals surface area contributed by atoms with Crippen LogP contribution in [-0.2, 0) is 51.1 Å². The van der Waals surface area contributed by atoms with Gasteiger partial charge in [-0.05, 0) is 102 Å². The number of nitrogens with two attached hydrogens (primary N) is 3. The second kappa shape index (κ2) is 25.9. The number of aliphatic imine (C=N–C) groups is 1. The first-order valence-electron chi connectivity index (χ1n) is 24.0. The number of benzene rings is 2. The second-order valence-corrected chi connectivity index (χ2v) is 19.9. The van der Waals surface area contributed by atoms with E-state index in [-0.39, 0.29) is 44.9 Å². The fraction of sp³-hybridized carbons (Fsp3) is 0.531. The Morgan fingerprint density at radius 2 is 1.41 bits per heavy atom. The van der Waals surface area contributed by atoms with Gasteiger partial charge < -0.3 is 63.3 Å². The molecule has 2 aromatic carbocycles. The van der Waals surface area contributed by atoms with Crippen molar-refractivity contribution in [1.82, 2.24) is 41.4 Å². The highest BCUT2D eigenvalue weighted by Crippen LogP contribution is 2.27. The van der Waals surface area contributed by atoms with Crippen LogP contribution < -0.4 is 43.8 Å².